The highest BCUT2D eigenvalue weighted by atomic mass is 127. The van der Waals surface area contributed by atoms with Gasteiger partial charge in [-0.2, -0.15) is 0 Å². The molecule has 0 bridgehead atoms. The number of carbonyl (C=O) groups excluding carboxylic acids is 1. The second-order valence-corrected chi connectivity index (χ2v) is 16.9. The number of hydrogen-bond acceptors (Lipinski definition) is 8. The van der Waals surface area contributed by atoms with E-state index in [1.165, 1.54) is 11.3 Å². The summed E-state index contributed by atoms with van der Waals surface area (Å²) < 4.78 is 12.7. The molecule has 190 valence electrons. The minimum Gasteiger partial charge on any atom is -0.461 e. The van der Waals surface area contributed by atoms with Gasteiger partial charge in [0.05, 0.1) is 6.61 Å². The van der Waals surface area contributed by atoms with Gasteiger partial charge in [0.2, 0.25) is 0 Å². The van der Waals surface area contributed by atoms with Crippen LogP contribution in [0.4, 0.5) is 10.9 Å². The van der Waals surface area contributed by atoms with Crippen molar-refractivity contribution >= 4 is 70.8 Å². The van der Waals surface area contributed by atoms with E-state index in [1.807, 2.05) is 17.9 Å². The van der Waals surface area contributed by atoms with Crippen LogP contribution in [0.5, 0.6) is 0 Å². The Bertz CT molecular complexity index is 968. The topological polar surface area (TPSA) is 77.4 Å². The molecule has 0 saturated carbocycles. The lowest BCUT2D eigenvalue weighted by molar-refractivity contribution is 0.0519. The fourth-order valence-electron chi connectivity index (χ4n) is 2.87. The summed E-state index contributed by atoms with van der Waals surface area (Å²) in [6.45, 7) is 16.5. The third-order valence-corrected chi connectivity index (χ3v) is 12.7. The maximum absolute atomic E-state index is 12.6. The van der Waals surface area contributed by atoms with Crippen molar-refractivity contribution in [1.29, 1.82) is 0 Å². The van der Waals surface area contributed by atoms with Gasteiger partial charge in [-0.3, -0.25) is 0 Å². The molecule has 0 aliphatic carbocycles. The van der Waals surface area contributed by atoms with Crippen LogP contribution in [0.1, 0.15) is 61.5 Å². The smallest absolute Gasteiger partial charge is 0.358 e. The summed E-state index contributed by atoms with van der Waals surface area (Å²) in [5, 5.41) is 9.66. The van der Waals surface area contributed by atoms with E-state index < -0.39 is 8.32 Å². The van der Waals surface area contributed by atoms with Crippen LogP contribution in [0.2, 0.25) is 23.3 Å². The predicted molar refractivity (Wildman–Crippen MR) is 152 cm³/mol. The number of nitrogens with zero attached hydrogens (tertiary/aromatic N) is 4. The van der Waals surface area contributed by atoms with Gasteiger partial charge in [-0.1, -0.05) is 55.0 Å². The average molecular weight is 639 g/mol. The Kier molecular flexibility index (Phi) is 11.2. The highest BCUT2D eigenvalue weighted by Gasteiger charge is 2.37. The molecular formula is C23H36ClIN4O3SSi. The Morgan fingerprint density at radius 3 is 2.56 bits per heavy atom. The maximum Gasteiger partial charge on any atom is 0.358 e. The molecule has 2 aromatic rings. The van der Waals surface area contributed by atoms with Crippen LogP contribution in [0.15, 0.2) is 6.07 Å². The molecule has 0 N–H and O–H groups in total. The summed E-state index contributed by atoms with van der Waals surface area (Å²) in [5.41, 5.74) is 1.23. The lowest BCUT2D eigenvalue weighted by atomic mass is 10.2. The van der Waals surface area contributed by atoms with Crippen LogP contribution in [-0.2, 0) is 15.6 Å². The van der Waals surface area contributed by atoms with E-state index >= 15 is 0 Å². The second-order valence-electron chi connectivity index (χ2n) is 9.57. The van der Waals surface area contributed by atoms with Gasteiger partial charge in [0.15, 0.2) is 30.1 Å². The summed E-state index contributed by atoms with van der Waals surface area (Å²) in [7, 11) is -1.83. The Labute approximate surface area is 227 Å². The molecule has 0 unspecified atom stereocenters. The molecule has 0 radical (unpaired) electrons. The van der Waals surface area contributed by atoms with Gasteiger partial charge < -0.3 is 14.1 Å². The number of aromatic nitrogens is 3. The molecule has 34 heavy (non-hydrogen) atoms. The van der Waals surface area contributed by atoms with Crippen molar-refractivity contribution in [2.24, 2.45) is 0 Å². The first-order valence-corrected chi connectivity index (χ1v) is 17.2. The van der Waals surface area contributed by atoms with Crippen LogP contribution < -0.4 is 4.90 Å². The predicted octanol–water partition coefficient (Wildman–Crippen LogP) is 6.99. The first kappa shape index (κ1) is 29.4. The van der Waals surface area contributed by atoms with Crippen LogP contribution in [0.25, 0.3) is 0 Å². The quantitative estimate of drug-likeness (QED) is 0.0815. The highest BCUT2D eigenvalue weighted by molar-refractivity contribution is 14.1. The lowest BCUT2D eigenvalue weighted by Gasteiger charge is -2.36. The molecule has 0 fully saturated rings. The normalized spacial score (nSPS) is 12.1. The molecule has 11 heteroatoms. The van der Waals surface area contributed by atoms with Gasteiger partial charge in [-0.05, 0) is 67.3 Å². The SMILES string of the molecule is CCOC(=O)c1nc(N(CCCO[Si](C)(C)C(C)(C)C)c2cc(C)c(Cl)nn2)sc1CCCI. The Hall–Kier alpha value is -0.823. The van der Waals surface area contributed by atoms with Crippen LogP contribution in [-0.4, -0.2) is 53.7 Å². The van der Waals surface area contributed by atoms with E-state index in [2.05, 4.69) is 66.7 Å². The third kappa shape index (κ3) is 7.84. The number of alkyl halides is 1. The fraction of sp³-hybridized carbons (Fsp3) is 0.652. The number of carbonyl (C=O) groups is 1. The molecule has 7 nitrogen and oxygen atoms in total. The van der Waals surface area contributed by atoms with Gasteiger partial charge in [-0.15, -0.1) is 21.5 Å². The van der Waals surface area contributed by atoms with Crippen LogP contribution in [0.3, 0.4) is 0 Å². The maximum atomic E-state index is 12.6. The Balaban J connectivity index is 2.34. The van der Waals surface area contributed by atoms with E-state index in [-0.39, 0.29) is 11.0 Å². The molecule has 0 spiro atoms. The number of esters is 1. The van der Waals surface area contributed by atoms with E-state index in [1.54, 1.807) is 6.92 Å². The Morgan fingerprint density at radius 2 is 1.97 bits per heavy atom. The summed E-state index contributed by atoms with van der Waals surface area (Å²) in [4.78, 5) is 20.3. The van der Waals surface area contributed by atoms with Crippen molar-refractivity contribution in [2.45, 2.75) is 72.0 Å². The molecule has 0 atom stereocenters. The fourth-order valence-corrected chi connectivity index (χ4v) is 5.56. The van der Waals surface area contributed by atoms with Crippen molar-refractivity contribution in [3.05, 3.63) is 27.4 Å². The zero-order valence-corrected chi connectivity index (χ0v) is 25.9. The van der Waals surface area contributed by atoms with Gasteiger partial charge >= 0.3 is 5.97 Å². The third-order valence-electron chi connectivity index (χ3n) is 5.91. The zero-order chi connectivity index (χ0) is 25.5. The van der Waals surface area contributed by atoms with Crippen molar-refractivity contribution in [1.82, 2.24) is 15.2 Å². The molecule has 0 aromatic carbocycles. The van der Waals surface area contributed by atoms with E-state index in [0.29, 0.717) is 41.6 Å². The molecule has 0 saturated heterocycles. The number of hydrogen-bond donors (Lipinski definition) is 0. The molecule has 0 aliphatic heterocycles. The standard InChI is InChI=1S/C23H36ClIN4O3SSi/c1-8-31-21(30)19-17(11-9-12-25)33-22(26-19)29(18-15-16(2)20(24)28-27-18)13-10-14-32-34(6,7)23(3,4)5/h15H,8-14H2,1-7H3. The minimum atomic E-state index is -1.83. The molecule has 0 amide bonds. The first-order chi connectivity index (χ1) is 15.9. The number of halogens is 2. The van der Waals surface area contributed by atoms with E-state index in [9.17, 15) is 4.79 Å². The zero-order valence-electron chi connectivity index (χ0n) is 21.2. The number of rotatable bonds is 12. The lowest BCUT2D eigenvalue weighted by Crippen LogP contribution is -2.41. The van der Waals surface area contributed by atoms with Crippen LogP contribution in [0, 0.1) is 6.92 Å². The summed E-state index contributed by atoms with van der Waals surface area (Å²) >= 11 is 9.99. The molecule has 2 heterocycles. The Morgan fingerprint density at radius 1 is 1.26 bits per heavy atom. The van der Waals surface area contributed by atoms with Crippen LogP contribution >= 0.6 is 45.5 Å². The summed E-state index contributed by atoms with van der Waals surface area (Å²) in [6.07, 6.45) is 2.53. The molecule has 2 rings (SSSR count). The number of ether oxygens (including phenoxy) is 1. The number of aryl methyl sites for hydroxylation is 2. The van der Waals surface area contributed by atoms with Gasteiger partial charge in [-0.25, -0.2) is 9.78 Å². The number of anilines is 2. The minimum absolute atomic E-state index is 0.156. The van der Waals surface area contributed by atoms with Crippen molar-refractivity contribution in [3.8, 4) is 0 Å². The monoisotopic (exact) mass is 638 g/mol. The molecular weight excluding hydrogens is 603 g/mol. The van der Waals surface area contributed by atoms with Crippen molar-refractivity contribution < 1.29 is 14.0 Å². The van der Waals surface area contributed by atoms with Gasteiger partial charge in [0.25, 0.3) is 0 Å². The molecule has 0 aliphatic rings. The van der Waals surface area contributed by atoms with Gasteiger partial charge in [0, 0.05) is 18.0 Å². The van der Waals surface area contributed by atoms with Crippen molar-refractivity contribution in [2.75, 3.05) is 29.1 Å². The first-order valence-electron chi connectivity index (χ1n) is 11.6. The molecule has 2 aromatic heterocycles. The largest absolute Gasteiger partial charge is 0.461 e. The number of thiazole rings is 1. The van der Waals surface area contributed by atoms with E-state index in [4.69, 9.17) is 25.7 Å². The second kappa shape index (κ2) is 12.9. The average Bonchev–Trinajstić information content (AvgIpc) is 3.17. The summed E-state index contributed by atoms with van der Waals surface area (Å²) in [5.74, 6) is 0.270. The van der Waals surface area contributed by atoms with Gasteiger partial charge in [0.1, 0.15) is 0 Å². The van der Waals surface area contributed by atoms with Crippen molar-refractivity contribution in [3.63, 3.8) is 0 Å². The highest BCUT2D eigenvalue weighted by Crippen LogP contribution is 2.37. The summed E-state index contributed by atoms with van der Waals surface area (Å²) in [6, 6.07) is 1.90. The van der Waals surface area contributed by atoms with E-state index in [0.717, 1.165) is 34.1 Å².